The molecule has 2 aromatic carbocycles. The molecule has 0 saturated carbocycles. The highest BCUT2D eigenvalue weighted by atomic mass is 79.9. The number of phenolic OH excluding ortho intramolecular Hbond substituents is 1. The van der Waals surface area contributed by atoms with Gasteiger partial charge in [-0.15, -0.1) is 10.2 Å². The average molecular weight is 558 g/mol. The Morgan fingerprint density at radius 3 is 2.57 bits per heavy atom. The Morgan fingerprint density at radius 2 is 1.94 bits per heavy atom. The number of anilines is 1. The lowest BCUT2D eigenvalue weighted by Gasteiger charge is -2.21. The number of hydrazone groups is 1. The first-order valence-electron chi connectivity index (χ1n) is 11.2. The molecule has 10 heteroatoms. The van der Waals surface area contributed by atoms with Crippen LogP contribution in [0.25, 0.3) is 11.4 Å². The number of hydrogen-bond acceptors (Lipinski definition) is 7. The summed E-state index contributed by atoms with van der Waals surface area (Å²) in [4.78, 5) is 14.5. The van der Waals surface area contributed by atoms with Crippen molar-refractivity contribution in [1.29, 1.82) is 0 Å². The summed E-state index contributed by atoms with van der Waals surface area (Å²) in [6, 6.07) is 13.2. The van der Waals surface area contributed by atoms with Crippen molar-refractivity contribution >= 4 is 45.5 Å². The van der Waals surface area contributed by atoms with E-state index in [0.29, 0.717) is 23.1 Å². The number of halogens is 1. The lowest BCUT2D eigenvalue weighted by molar-refractivity contribution is -0.118. The molecule has 1 aromatic heterocycles. The second kappa shape index (κ2) is 12.6. The second-order valence-corrected chi connectivity index (χ2v) is 9.71. The largest absolute Gasteiger partial charge is 0.507 e. The molecule has 3 aromatic rings. The van der Waals surface area contributed by atoms with Gasteiger partial charge in [0.05, 0.1) is 12.0 Å². The van der Waals surface area contributed by atoms with Crippen molar-refractivity contribution < 1.29 is 9.90 Å². The zero-order valence-corrected chi connectivity index (χ0v) is 22.4. The number of nitrogens with one attached hydrogen (secondary N) is 1. The van der Waals surface area contributed by atoms with E-state index in [2.05, 4.69) is 62.0 Å². The Balaban J connectivity index is 1.63. The third kappa shape index (κ3) is 7.19. The van der Waals surface area contributed by atoms with E-state index < -0.39 is 0 Å². The van der Waals surface area contributed by atoms with E-state index in [1.165, 1.54) is 18.0 Å². The molecule has 1 heterocycles. The zero-order valence-electron chi connectivity index (χ0n) is 20.0. The minimum Gasteiger partial charge on any atom is -0.507 e. The van der Waals surface area contributed by atoms with Gasteiger partial charge in [0.15, 0.2) is 11.0 Å². The van der Waals surface area contributed by atoms with Crippen molar-refractivity contribution in [2.75, 3.05) is 23.7 Å². The van der Waals surface area contributed by atoms with E-state index >= 15 is 0 Å². The molecule has 0 radical (unpaired) electrons. The Hall–Kier alpha value is -3.11. The van der Waals surface area contributed by atoms with Gasteiger partial charge in [-0.3, -0.25) is 9.36 Å². The van der Waals surface area contributed by atoms with Gasteiger partial charge in [-0.2, -0.15) is 5.10 Å². The molecule has 1 amide bonds. The van der Waals surface area contributed by atoms with Crippen molar-refractivity contribution in [2.45, 2.75) is 32.5 Å². The topological polar surface area (TPSA) is 95.6 Å². The molecule has 0 fully saturated rings. The second-order valence-electron chi connectivity index (χ2n) is 7.85. The van der Waals surface area contributed by atoms with Crippen LogP contribution in [0.3, 0.4) is 0 Å². The molecular formula is C25H29BrN6O2S. The van der Waals surface area contributed by atoms with Crippen molar-refractivity contribution in [3.05, 3.63) is 64.7 Å². The first kappa shape index (κ1) is 26.5. The standard InChI is InChI=1S/C25H29BrN6O2S/c1-5-31(6-2)21-12-9-19(22(33)13-21)14-27-28-23(34)16-35-25-30-29-24(32(25)15-17(3)4)18-7-10-20(26)11-8-18/h7-14,33H,3,5-6,15-16H2,1-2,4H3,(H,28,34). The number of thioether (sulfide) groups is 1. The molecule has 184 valence electrons. The lowest BCUT2D eigenvalue weighted by atomic mass is 10.2. The molecule has 0 aliphatic carbocycles. The third-order valence-corrected chi connectivity index (χ3v) is 6.61. The number of aromatic hydroxyl groups is 1. The van der Waals surface area contributed by atoms with Crippen molar-refractivity contribution in [2.24, 2.45) is 5.10 Å². The minimum absolute atomic E-state index is 0.107. The summed E-state index contributed by atoms with van der Waals surface area (Å²) in [7, 11) is 0. The molecule has 0 aliphatic rings. The normalized spacial score (nSPS) is 11.1. The zero-order chi connectivity index (χ0) is 25.4. The van der Waals surface area contributed by atoms with Crippen LogP contribution in [0.4, 0.5) is 5.69 Å². The van der Waals surface area contributed by atoms with E-state index in [1.807, 2.05) is 41.8 Å². The molecule has 0 spiro atoms. The van der Waals surface area contributed by atoms with E-state index in [1.54, 1.807) is 12.1 Å². The number of nitrogens with zero attached hydrogens (tertiary/aromatic N) is 5. The Labute approximate surface area is 218 Å². The number of benzene rings is 2. The van der Waals surface area contributed by atoms with Crippen LogP contribution in [0.15, 0.2) is 69.3 Å². The molecule has 8 nitrogen and oxygen atoms in total. The van der Waals surface area contributed by atoms with E-state index in [0.717, 1.165) is 34.4 Å². The number of rotatable bonds is 11. The molecule has 35 heavy (non-hydrogen) atoms. The number of allylic oxidation sites excluding steroid dienone is 1. The summed E-state index contributed by atoms with van der Waals surface area (Å²) in [6.45, 7) is 12.3. The van der Waals surface area contributed by atoms with Crippen molar-refractivity contribution in [3.63, 3.8) is 0 Å². The third-order valence-electron chi connectivity index (χ3n) is 5.12. The summed E-state index contributed by atoms with van der Waals surface area (Å²) in [5, 5.41) is 23.5. The molecule has 0 saturated heterocycles. The first-order chi connectivity index (χ1) is 16.8. The van der Waals surface area contributed by atoms with Crippen LogP contribution in [0.1, 0.15) is 26.3 Å². The molecule has 0 unspecified atom stereocenters. The quantitative estimate of drug-likeness (QED) is 0.148. The van der Waals surface area contributed by atoms with Gasteiger partial charge in [0, 0.05) is 47.0 Å². The van der Waals surface area contributed by atoms with Crippen molar-refractivity contribution in [1.82, 2.24) is 20.2 Å². The number of carbonyl (C=O) groups is 1. The van der Waals surface area contributed by atoms with Crippen LogP contribution in [-0.4, -0.2) is 50.8 Å². The van der Waals surface area contributed by atoms with Gasteiger partial charge in [-0.05, 0) is 45.0 Å². The Bertz CT molecular complexity index is 1210. The summed E-state index contributed by atoms with van der Waals surface area (Å²) in [6.07, 6.45) is 1.43. The molecule has 2 N–H and O–H groups in total. The fourth-order valence-electron chi connectivity index (χ4n) is 3.38. The van der Waals surface area contributed by atoms with E-state index in [9.17, 15) is 9.90 Å². The molecule has 0 aliphatic heterocycles. The SMILES string of the molecule is C=C(C)Cn1c(SCC(=O)NN=Cc2ccc(N(CC)CC)cc2O)nnc1-c1ccc(Br)cc1. The predicted octanol–water partition coefficient (Wildman–Crippen LogP) is 5.08. The van der Waals surface area contributed by atoms with Gasteiger partial charge in [0.2, 0.25) is 0 Å². The molecular weight excluding hydrogens is 528 g/mol. The monoisotopic (exact) mass is 556 g/mol. The van der Waals surface area contributed by atoms with Crippen LogP contribution in [0, 0.1) is 0 Å². The molecule has 0 atom stereocenters. The highest BCUT2D eigenvalue weighted by molar-refractivity contribution is 9.10. The summed E-state index contributed by atoms with van der Waals surface area (Å²) in [5.41, 5.74) is 5.84. The Kier molecular flexibility index (Phi) is 9.50. The summed E-state index contributed by atoms with van der Waals surface area (Å²) in [5.74, 6) is 0.638. The van der Waals surface area contributed by atoms with Crippen LogP contribution in [0.5, 0.6) is 5.75 Å². The maximum absolute atomic E-state index is 12.4. The minimum atomic E-state index is -0.291. The number of aromatic nitrogens is 3. The van der Waals surface area contributed by atoms with Crippen LogP contribution >= 0.6 is 27.7 Å². The average Bonchev–Trinajstić information content (AvgIpc) is 3.22. The highest BCUT2D eigenvalue weighted by Gasteiger charge is 2.16. The maximum atomic E-state index is 12.4. The molecule has 3 rings (SSSR count). The summed E-state index contributed by atoms with van der Waals surface area (Å²) >= 11 is 4.72. The van der Waals surface area contributed by atoms with Crippen LogP contribution < -0.4 is 10.3 Å². The van der Waals surface area contributed by atoms with Crippen LogP contribution in [0.2, 0.25) is 0 Å². The van der Waals surface area contributed by atoms with Gasteiger partial charge in [-0.1, -0.05) is 52.0 Å². The van der Waals surface area contributed by atoms with Gasteiger partial charge in [-0.25, -0.2) is 5.43 Å². The van der Waals surface area contributed by atoms with Gasteiger partial charge in [0.25, 0.3) is 5.91 Å². The fourth-order valence-corrected chi connectivity index (χ4v) is 4.38. The Morgan fingerprint density at radius 1 is 1.23 bits per heavy atom. The fraction of sp³-hybridized carbons (Fsp3) is 0.280. The van der Waals surface area contributed by atoms with Gasteiger partial charge >= 0.3 is 0 Å². The molecule has 0 bridgehead atoms. The number of hydrogen-bond donors (Lipinski definition) is 2. The maximum Gasteiger partial charge on any atom is 0.250 e. The van der Waals surface area contributed by atoms with Gasteiger partial charge < -0.3 is 10.0 Å². The van der Waals surface area contributed by atoms with E-state index in [-0.39, 0.29) is 17.4 Å². The van der Waals surface area contributed by atoms with E-state index in [4.69, 9.17) is 0 Å². The highest BCUT2D eigenvalue weighted by Crippen LogP contribution is 2.26. The predicted molar refractivity (Wildman–Crippen MR) is 146 cm³/mol. The van der Waals surface area contributed by atoms with Gasteiger partial charge in [0.1, 0.15) is 5.75 Å². The first-order valence-corrected chi connectivity index (χ1v) is 13.0. The van der Waals surface area contributed by atoms with Crippen LogP contribution in [-0.2, 0) is 11.3 Å². The van der Waals surface area contributed by atoms with Crippen molar-refractivity contribution in [3.8, 4) is 17.1 Å². The smallest absolute Gasteiger partial charge is 0.250 e. The number of carbonyl (C=O) groups excluding carboxylic acids is 1. The number of phenols is 1. The summed E-state index contributed by atoms with van der Waals surface area (Å²) < 4.78 is 2.93. The number of amides is 1. The lowest BCUT2D eigenvalue weighted by Crippen LogP contribution is -2.21.